The van der Waals surface area contributed by atoms with E-state index in [1.165, 1.54) is 0 Å². The van der Waals surface area contributed by atoms with Crippen molar-refractivity contribution in [1.82, 2.24) is 0 Å². The molecular weight excluding hydrogens is 292 g/mol. The molecule has 0 spiro atoms. The van der Waals surface area contributed by atoms with Crippen LogP contribution < -0.4 is 0 Å². The van der Waals surface area contributed by atoms with Crippen LogP contribution in [0.15, 0.2) is 54.6 Å². The first kappa shape index (κ1) is 16.1. The van der Waals surface area contributed by atoms with Gasteiger partial charge >= 0.3 is 0 Å². The summed E-state index contributed by atoms with van der Waals surface area (Å²) in [6, 6.07) is 21.5. The minimum Gasteiger partial charge on any atom is -0.396 e. The summed E-state index contributed by atoms with van der Waals surface area (Å²) < 4.78 is 0. The number of aliphatic hydroxyl groups excluding tert-OH is 1. The van der Waals surface area contributed by atoms with Crippen LogP contribution >= 0.6 is 11.8 Å². The highest BCUT2D eigenvalue weighted by atomic mass is 32.2. The zero-order valence-corrected chi connectivity index (χ0v) is 12.8. The first-order valence-corrected chi connectivity index (χ1v) is 8.02. The van der Waals surface area contributed by atoms with E-state index in [-0.39, 0.29) is 17.8 Å². The molecule has 0 bridgehead atoms. The fraction of sp³-hybridized carbons (Fsp3) is 0.222. The molecule has 0 aliphatic carbocycles. The summed E-state index contributed by atoms with van der Waals surface area (Å²) in [4.78, 5) is 0. The van der Waals surface area contributed by atoms with Crippen LogP contribution in [-0.2, 0) is 0 Å². The summed E-state index contributed by atoms with van der Waals surface area (Å²) in [6.45, 7) is 0.0829. The molecule has 0 saturated heterocycles. The molecule has 2 aromatic rings. The highest BCUT2D eigenvalue weighted by molar-refractivity contribution is 7.99. The molecule has 2 rings (SSSR count). The van der Waals surface area contributed by atoms with Crippen LogP contribution in [-0.4, -0.2) is 17.5 Å². The van der Waals surface area contributed by atoms with Gasteiger partial charge in [0.15, 0.2) is 0 Å². The van der Waals surface area contributed by atoms with Gasteiger partial charge in [0.1, 0.15) is 0 Å². The lowest BCUT2D eigenvalue weighted by Gasteiger charge is -2.22. The average Bonchev–Trinajstić information content (AvgIpc) is 2.59. The molecule has 1 N–H and O–H groups in total. The number of hydrogen-bond donors (Lipinski definition) is 1. The maximum atomic E-state index is 9.65. The second kappa shape index (κ2) is 8.24. The Morgan fingerprint density at radius 2 is 1.64 bits per heavy atom. The summed E-state index contributed by atoms with van der Waals surface area (Å²) in [5.41, 5.74) is 2.54. The topological polar surface area (TPSA) is 67.8 Å². The van der Waals surface area contributed by atoms with E-state index in [9.17, 15) is 5.26 Å². The first-order chi connectivity index (χ1) is 10.8. The van der Waals surface area contributed by atoms with Crippen LogP contribution in [0.25, 0.3) is 0 Å². The molecule has 0 aliphatic heterocycles. The van der Waals surface area contributed by atoms with E-state index in [1.807, 2.05) is 42.5 Å². The van der Waals surface area contributed by atoms with Crippen molar-refractivity contribution in [2.24, 2.45) is 0 Å². The lowest BCUT2D eigenvalue weighted by atomic mass is 9.92. The molecule has 2 aromatic carbocycles. The molecular formula is C18H16N2OS. The average molecular weight is 308 g/mol. The lowest BCUT2D eigenvalue weighted by Crippen LogP contribution is -2.08. The van der Waals surface area contributed by atoms with Gasteiger partial charge in [-0.3, -0.25) is 0 Å². The normalized spacial score (nSPS) is 12.9. The van der Waals surface area contributed by atoms with Gasteiger partial charge in [-0.15, -0.1) is 11.8 Å². The second-order valence-electron chi connectivity index (χ2n) is 4.77. The van der Waals surface area contributed by atoms with Gasteiger partial charge in [-0.2, -0.15) is 10.5 Å². The van der Waals surface area contributed by atoms with E-state index < -0.39 is 0 Å². The molecule has 0 heterocycles. The second-order valence-corrected chi connectivity index (χ2v) is 6.02. The number of aliphatic hydroxyl groups is 1. The Kier molecular flexibility index (Phi) is 6.03. The molecule has 3 nitrogen and oxygen atoms in total. The van der Waals surface area contributed by atoms with Crippen molar-refractivity contribution in [1.29, 1.82) is 10.5 Å². The van der Waals surface area contributed by atoms with Crippen molar-refractivity contribution in [2.75, 3.05) is 12.4 Å². The van der Waals surface area contributed by atoms with E-state index in [0.717, 1.165) is 11.1 Å². The van der Waals surface area contributed by atoms with Gasteiger partial charge in [-0.1, -0.05) is 42.5 Å². The molecule has 0 radical (unpaired) electrons. The van der Waals surface area contributed by atoms with Crippen LogP contribution in [0.1, 0.15) is 27.9 Å². The Hall–Kier alpha value is -2.27. The first-order valence-electron chi connectivity index (χ1n) is 6.97. The Labute approximate surface area is 134 Å². The minimum atomic E-state index is -0.327. The number of hydrogen-bond acceptors (Lipinski definition) is 4. The summed E-state index contributed by atoms with van der Waals surface area (Å²) in [5.74, 6) is 0.250. The van der Waals surface area contributed by atoms with Crippen molar-refractivity contribution in [3.8, 4) is 12.1 Å². The third-order valence-corrected chi connectivity index (χ3v) is 4.68. The number of nitrogens with zero attached hydrogens (tertiary/aromatic N) is 2. The monoisotopic (exact) mass is 308 g/mol. The smallest absolute Gasteiger partial charge is 0.0991 e. The van der Waals surface area contributed by atoms with Crippen LogP contribution in [0, 0.1) is 22.7 Å². The van der Waals surface area contributed by atoms with Gasteiger partial charge in [0.2, 0.25) is 0 Å². The fourth-order valence-electron chi connectivity index (χ4n) is 2.29. The zero-order chi connectivity index (χ0) is 15.8. The molecule has 2 unspecified atom stereocenters. The van der Waals surface area contributed by atoms with E-state index in [1.54, 1.807) is 23.9 Å². The third kappa shape index (κ3) is 3.89. The van der Waals surface area contributed by atoms with Crippen molar-refractivity contribution >= 4 is 11.8 Å². The van der Waals surface area contributed by atoms with Crippen molar-refractivity contribution in [3.63, 3.8) is 0 Å². The summed E-state index contributed by atoms with van der Waals surface area (Å²) in [6.07, 6.45) is 0. The molecule has 4 heteroatoms. The van der Waals surface area contributed by atoms with E-state index in [0.29, 0.717) is 11.3 Å². The Morgan fingerprint density at radius 1 is 0.955 bits per heavy atom. The minimum absolute atomic E-state index is 0.0497. The number of thioether (sulfide) groups is 1. The van der Waals surface area contributed by atoms with Crippen LogP contribution in [0.4, 0.5) is 0 Å². The molecule has 2 atom stereocenters. The van der Waals surface area contributed by atoms with Gasteiger partial charge in [-0.25, -0.2) is 0 Å². The molecule has 0 fully saturated rings. The Balaban J connectivity index is 2.34. The van der Waals surface area contributed by atoms with Gasteiger partial charge in [0.25, 0.3) is 0 Å². The third-order valence-electron chi connectivity index (χ3n) is 3.36. The maximum Gasteiger partial charge on any atom is 0.0991 e. The van der Waals surface area contributed by atoms with Crippen molar-refractivity contribution in [3.05, 3.63) is 71.3 Å². The highest BCUT2D eigenvalue weighted by Gasteiger charge is 2.25. The standard InChI is InChI=1S/C18H16N2OS/c19-12-14-6-8-15(9-7-14)17(13-20)18(22-11-10-21)16-4-2-1-3-5-16/h1-9,17-18,21H,10-11H2. The van der Waals surface area contributed by atoms with Gasteiger partial charge < -0.3 is 5.11 Å². The summed E-state index contributed by atoms with van der Waals surface area (Å²) >= 11 is 1.57. The van der Waals surface area contributed by atoms with Crippen LogP contribution in [0.2, 0.25) is 0 Å². The molecule has 22 heavy (non-hydrogen) atoms. The van der Waals surface area contributed by atoms with Crippen molar-refractivity contribution < 1.29 is 5.11 Å². The predicted molar refractivity (Wildman–Crippen MR) is 88.2 cm³/mol. The van der Waals surface area contributed by atoms with Gasteiger partial charge in [0.05, 0.1) is 30.2 Å². The van der Waals surface area contributed by atoms with Gasteiger partial charge in [0, 0.05) is 11.0 Å². The van der Waals surface area contributed by atoms with Crippen LogP contribution in [0.3, 0.4) is 0 Å². The van der Waals surface area contributed by atoms with E-state index >= 15 is 0 Å². The number of nitriles is 2. The maximum absolute atomic E-state index is 9.65. The molecule has 110 valence electrons. The lowest BCUT2D eigenvalue weighted by molar-refractivity contribution is 0.322. The Bertz CT molecular complexity index is 671. The summed E-state index contributed by atoms with van der Waals surface area (Å²) in [5, 5.41) is 27.6. The van der Waals surface area contributed by atoms with Crippen LogP contribution in [0.5, 0.6) is 0 Å². The van der Waals surface area contributed by atoms with E-state index in [4.69, 9.17) is 10.4 Å². The molecule has 0 amide bonds. The SMILES string of the molecule is N#Cc1ccc(C(C#N)C(SCCO)c2ccccc2)cc1. The quantitative estimate of drug-likeness (QED) is 0.884. The molecule has 0 aromatic heterocycles. The molecule has 0 saturated carbocycles. The Morgan fingerprint density at radius 3 is 2.18 bits per heavy atom. The summed E-state index contributed by atoms with van der Waals surface area (Å²) in [7, 11) is 0. The number of rotatable bonds is 6. The zero-order valence-electron chi connectivity index (χ0n) is 12.0. The number of benzene rings is 2. The van der Waals surface area contributed by atoms with E-state index in [2.05, 4.69) is 12.1 Å². The van der Waals surface area contributed by atoms with Crippen molar-refractivity contribution in [2.45, 2.75) is 11.2 Å². The predicted octanol–water partition coefficient (Wildman–Crippen LogP) is 3.63. The van der Waals surface area contributed by atoms with Gasteiger partial charge in [-0.05, 0) is 23.3 Å². The largest absolute Gasteiger partial charge is 0.396 e. The fourth-order valence-corrected chi connectivity index (χ4v) is 3.41. The molecule has 0 aliphatic rings. The highest BCUT2D eigenvalue weighted by Crippen LogP contribution is 2.41.